The molecule has 2 aromatic heterocycles. The number of carbonyl (C=O) groups excluding carboxylic acids is 2. The Morgan fingerprint density at radius 3 is 2.72 bits per heavy atom. The summed E-state index contributed by atoms with van der Waals surface area (Å²) in [6.45, 7) is 1.32. The first-order valence-corrected chi connectivity index (χ1v) is 11.5. The Morgan fingerprint density at radius 1 is 1.09 bits per heavy atom. The van der Waals surface area contributed by atoms with Gasteiger partial charge >= 0.3 is 0 Å². The molecule has 1 N–H and O–H groups in total. The molecule has 160 valence electrons. The Kier molecular flexibility index (Phi) is 5.64. The maximum absolute atomic E-state index is 13.0. The highest BCUT2D eigenvalue weighted by Gasteiger charge is 2.29. The SMILES string of the molecule is O=C(Nc1nccs1)c1cc([C@@H]2CCN(C(=O)Cc3ccccc3)C2)nc2ccccc12. The number of hydrogen-bond donors (Lipinski definition) is 1. The van der Waals surface area contributed by atoms with Crippen LogP contribution in [0.15, 0.2) is 72.2 Å². The molecule has 32 heavy (non-hydrogen) atoms. The fourth-order valence-corrected chi connectivity index (χ4v) is 4.68. The molecule has 0 bridgehead atoms. The molecule has 4 aromatic rings. The van der Waals surface area contributed by atoms with Gasteiger partial charge in [-0.05, 0) is 24.1 Å². The number of thiazole rings is 1. The molecule has 2 amide bonds. The normalized spacial score (nSPS) is 15.8. The molecule has 1 aliphatic heterocycles. The maximum atomic E-state index is 13.0. The van der Waals surface area contributed by atoms with Crippen LogP contribution in [0.1, 0.15) is 34.0 Å². The molecular formula is C25H22N4O2S. The van der Waals surface area contributed by atoms with Crippen LogP contribution in [0.5, 0.6) is 0 Å². The molecule has 0 spiro atoms. The molecule has 0 radical (unpaired) electrons. The van der Waals surface area contributed by atoms with Gasteiger partial charge in [-0.3, -0.25) is 19.9 Å². The zero-order valence-corrected chi connectivity index (χ0v) is 18.2. The van der Waals surface area contributed by atoms with Crippen molar-refractivity contribution < 1.29 is 9.59 Å². The number of rotatable bonds is 5. The van der Waals surface area contributed by atoms with Gasteiger partial charge in [-0.1, -0.05) is 48.5 Å². The van der Waals surface area contributed by atoms with E-state index >= 15 is 0 Å². The third kappa shape index (κ3) is 4.24. The highest BCUT2D eigenvalue weighted by atomic mass is 32.1. The number of amides is 2. The third-order valence-corrected chi connectivity index (χ3v) is 6.48. The fraction of sp³-hybridized carbons (Fsp3) is 0.200. The van der Waals surface area contributed by atoms with Crippen molar-refractivity contribution in [1.82, 2.24) is 14.9 Å². The first-order chi connectivity index (χ1) is 15.7. The van der Waals surface area contributed by atoms with Crippen molar-refractivity contribution in [3.05, 3.63) is 89.1 Å². The van der Waals surface area contributed by atoms with Crippen LogP contribution in [0, 0.1) is 0 Å². The van der Waals surface area contributed by atoms with Gasteiger partial charge < -0.3 is 4.90 Å². The van der Waals surface area contributed by atoms with Crippen molar-refractivity contribution in [3.8, 4) is 0 Å². The zero-order chi connectivity index (χ0) is 21.9. The number of fused-ring (bicyclic) bond motifs is 1. The summed E-state index contributed by atoms with van der Waals surface area (Å²) in [5.74, 6) is 0.0294. The number of nitrogens with zero attached hydrogens (tertiary/aromatic N) is 3. The average molecular weight is 443 g/mol. The van der Waals surface area contributed by atoms with Crippen LogP contribution in [-0.2, 0) is 11.2 Å². The second-order valence-corrected chi connectivity index (χ2v) is 8.79. The van der Waals surface area contributed by atoms with Crippen LogP contribution in [0.4, 0.5) is 5.13 Å². The Labute approximate surface area is 189 Å². The summed E-state index contributed by atoms with van der Waals surface area (Å²) in [5.41, 5.74) is 3.23. The minimum atomic E-state index is -0.199. The fourth-order valence-electron chi connectivity index (χ4n) is 4.15. The number of aromatic nitrogens is 2. The maximum Gasteiger partial charge on any atom is 0.258 e. The van der Waals surface area contributed by atoms with E-state index in [1.165, 1.54) is 11.3 Å². The number of nitrogens with one attached hydrogen (secondary N) is 1. The van der Waals surface area contributed by atoms with Gasteiger partial charge in [0.05, 0.1) is 17.5 Å². The van der Waals surface area contributed by atoms with Crippen LogP contribution in [0.3, 0.4) is 0 Å². The van der Waals surface area contributed by atoms with Crippen LogP contribution in [-0.4, -0.2) is 39.8 Å². The van der Waals surface area contributed by atoms with Crippen molar-refractivity contribution in [2.45, 2.75) is 18.8 Å². The molecule has 7 heteroatoms. The summed E-state index contributed by atoms with van der Waals surface area (Å²) < 4.78 is 0. The van der Waals surface area contributed by atoms with E-state index in [4.69, 9.17) is 4.98 Å². The predicted octanol–water partition coefficient (Wildman–Crippen LogP) is 4.50. The number of carbonyl (C=O) groups is 2. The molecule has 6 nitrogen and oxygen atoms in total. The van der Waals surface area contributed by atoms with Crippen LogP contribution >= 0.6 is 11.3 Å². The van der Waals surface area contributed by atoms with Crippen molar-refractivity contribution in [2.75, 3.05) is 18.4 Å². The molecule has 1 saturated heterocycles. The van der Waals surface area contributed by atoms with Crippen molar-refractivity contribution >= 4 is 39.2 Å². The van der Waals surface area contributed by atoms with Gasteiger partial charge in [0, 0.05) is 41.7 Å². The molecule has 0 unspecified atom stereocenters. The average Bonchev–Trinajstić information content (AvgIpc) is 3.51. The van der Waals surface area contributed by atoms with Gasteiger partial charge in [-0.15, -0.1) is 11.3 Å². The monoisotopic (exact) mass is 442 g/mol. The van der Waals surface area contributed by atoms with Crippen molar-refractivity contribution in [1.29, 1.82) is 0 Å². The van der Waals surface area contributed by atoms with Gasteiger partial charge in [0.25, 0.3) is 5.91 Å². The van der Waals surface area contributed by atoms with Gasteiger partial charge in [0.15, 0.2) is 5.13 Å². The summed E-state index contributed by atoms with van der Waals surface area (Å²) in [4.78, 5) is 36.7. The predicted molar refractivity (Wildman–Crippen MR) is 126 cm³/mol. The first-order valence-electron chi connectivity index (χ1n) is 10.6. The molecule has 1 fully saturated rings. The quantitative estimate of drug-likeness (QED) is 0.494. The zero-order valence-electron chi connectivity index (χ0n) is 17.4. The van der Waals surface area contributed by atoms with E-state index in [0.717, 1.165) is 28.6 Å². The minimum absolute atomic E-state index is 0.103. The summed E-state index contributed by atoms with van der Waals surface area (Å²) in [5, 5.41) is 6.07. The van der Waals surface area contributed by atoms with Crippen molar-refractivity contribution in [2.24, 2.45) is 0 Å². The lowest BCUT2D eigenvalue weighted by Crippen LogP contribution is -2.30. The number of pyridine rings is 1. The second-order valence-electron chi connectivity index (χ2n) is 7.89. The molecule has 0 aliphatic carbocycles. The van der Waals surface area contributed by atoms with E-state index < -0.39 is 0 Å². The number of hydrogen-bond acceptors (Lipinski definition) is 5. The van der Waals surface area contributed by atoms with Crippen LogP contribution in [0.25, 0.3) is 10.9 Å². The van der Waals surface area contributed by atoms with Crippen molar-refractivity contribution in [3.63, 3.8) is 0 Å². The Bertz CT molecular complexity index is 1260. The van der Waals surface area contributed by atoms with Gasteiger partial charge in [-0.2, -0.15) is 0 Å². The molecule has 5 rings (SSSR count). The molecule has 2 aromatic carbocycles. The topological polar surface area (TPSA) is 75.2 Å². The summed E-state index contributed by atoms with van der Waals surface area (Å²) >= 11 is 1.38. The lowest BCUT2D eigenvalue weighted by Gasteiger charge is -2.17. The van der Waals surface area contributed by atoms with E-state index in [2.05, 4.69) is 10.3 Å². The van der Waals surface area contributed by atoms with E-state index in [0.29, 0.717) is 30.2 Å². The third-order valence-electron chi connectivity index (χ3n) is 5.79. The van der Waals surface area contributed by atoms with E-state index in [1.54, 1.807) is 6.20 Å². The molecule has 1 aliphatic rings. The molecular weight excluding hydrogens is 420 g/mol. The van der Waals surface area contributed by atoms with E-state index in [-0.39, 0.29) is 17.7 Å². The van der Waals surface area contributed by atoms with Crippen LogP contribution < -0.4 is 5.32 Å². The van der Waals surface area contributed by atoms with E-state index in [1.807, 2.05) is 70.9 Å². The number of benzene rings is 2. The number of para-hydroxylation sites is 1. The smallest absolute Gasteiger partial charge is 0.258 e. The Morgan fingerprint density at radius 2 is 1.91 bits per heavy atom. The van der Waals surface area contributed by atoms with Gasteiger partial charge in [0.2, 0.25) is 5.91 Å². The number of likely N-dealkylation sites (tertiary alicyclic amines) is 1. The largest absolute Gasteiger partial charge is 0.342 e. The summed E-state index contributed by atoms with van der Waals surface area (Å²) in [6.07, 6.45) is 2.90. The number of anilines is 1. The summed E-state index contributed by atoms with van der Waals surface area (Å²) in [7, 11) is 0. The van der Waals surface area contributed by atoms with Crippen LogP contribution in [0.2, 0.25) is 0 Å². The Balaban J connectivity index is 1.38. The highest BCUT2D eigenvalue weighted by molar-refractivity contribution is 7.13. The lowest BCUT2D eigenvalue weighted by molar-refractivity contribution is -0.129. The van der Waals surface area contributed by atoms with Gasteiger partial charge in [-0.25, -0.2) is 4.98 Å². The van der Waals surface area contributed by atoms with E-state index in [9.17, 15) is 9.59 Å². The summed E-state index contributed by atoms with van der Waals surface area (Å²) in [6, 6.07) is 19.3. The lowest BCUT2D eigenvalue weighted by atomic mass is 9.99. The Hall–Kier alpha value is -3.58. The highest BCUT2D eigenvalue weighted by Crippen LogP contribution is 2.30. The molecule has 1 atom stereocenters. The van der Waals surface area contributed by atoms with Gasteiger partial charge in [0.1, 0.15) is 0 Å². The molecule has 3 heterocycles. The minimum Gasteiger partial charge on any atom is -0.342 e. The standard InChI is InChI=1S/C25H22N4O2S/c30-23(14-17-6-2-1-3-7-17)29-12-10-18(16-29)22-15-20(19-8-4-5-9-21(19)27-22)24(31)28-25-26-11-13-32-25/h1-9,11,13,15,18H,10,12,14,16H2,(H,26,28,31)/t18-/m1/s1. The first kappa shape index (κ1) is 20.3. The second kappa shape index (κ2) is 8.88. The molecule has 0 saturated carbocycles.